The molecule has 20 heavy (non-hydrogen) atoms. The van der Waals surface area contributed by atoms with Gasteiger partial charge in [-0.05, 0) is 25.6 Å². The molecule has 0 amide bonds. The highest BCUT2D eigenvalue weighted by Crippen LogP contribution is 2.30. The average molecular weight is 274 g/mol. The summed E-state index contributed by atoms with van der Waals surface area (Å²) in [5.74, 6) is 0.136. The van der Waals surface area contributed by atoms with Crippen LogP contribution in [0.4, 0.5) is 5.69 Å². The van der Waals surface area contributed by atoms with E-state index in [1.54, 1.807) is 24.5 Å². The van der Waals surface area contributed by atoms with Gasteiger partial charge in [-0.25, -0.2) is 9.97 Å². The third kappa shape index (κ3) is 3.27. The first-order valence-corrected chi connectivity index (χ1v) is 5.98. The van der Waals surface area contributed by atoms with E-state index in [-0.39, 0.29) is 17.4 Å². The minimum Gasteiger partial charge on any atom is -0.417 e. The van der Waals surface area contributed by atoms with Crippen LogP contribution in [0.3, 0.4) is 0 Å². The molecule has 0 saturated carbocycles. The van der Waals surface area contributed by atoms with Gasteiger partial charge in [0.15, 0.2) is 0 Å². The lowest BCUT2D eigenvalue weighted by molar-refractivity contribution is -0.385. The molecule has 0 aliphatic carbocycles. The predicted octanol–water partition coefficient (Wildman–Crippen LogP) is 2.20. The number of hydrogen-bond acceptors (Lipinski definition) is 6. The van der Waals surface area contributed by atoms with Crippen molar-refractivity contribution >= 4 is 5.69 Å². The van der Waals surface area contributed by atoms with Gasteiger partial charge in [0.2, 0.25) is 5.75 Å². The van der Waals surface area contributed by atoms with Crippen LogP contribution in [0.2, 0.25) is 0 Å². The second kappa shape index (κ2) is 6.07. The van der Waals surface area contributed by atoms with E-state index in [0.717, 1.165) is 11.1 Å². The summed E-state index contributed by atoms with van der Waals surface area (Å²) >= 11 is 0. The van der Waals surface area contributed by atoms with E-state index in [9.17, 15) is 10.1 Å². The fraction of sp³-hybridized carbons (Fsp3) is 0.231. The molecule has 0 spiro atoms. The van der Waals surface area contributed by atoms with E-state index in [2.05, 4.69) is 15.3 Å². The van der Waals surface area contributed by atoms with Crippen LogP contribution in [0.5, 0.6) is 11.8 Å². The molecular weight excluding hydrogens is 260 g/mol. The first-order chi connectivity index (χ1) is 9.60. The van der Waals surface area contributed by atoms with Crippen molar-refractivity contribution in [2.45, 2.75) is 13.5 Å². The fourth-order valence-electron chi connectivity index (χ4n) is 1.64. The molecule has 0 radical (unpaired) electrons. The number of aryl methyl sites for hydroxylation is 1. The van der Waals surface area contributed by atoms with Crippen LogP contribution in [0.1, 0.15) is 11.1 Å². The van der Waals surface area contributed by atoms with Gasteiger partial charge in [0.25, 0.3) is 0 Å². The molecule has 0 saturated heterocycles. The molecule has 1 aromatic carbocycles. The SMILES string of the molecule is CNCc1cnc(Oc2cc(C)ccc2[N+](=O)[O-])nc1. The maximum atomic E-state index is 10.9. The lowest BCUT2D eigenvalue weighted by atomic mass is 10.2. The number of nitrogens with zero attached hydrogens (tertiary/aromatic N) is 3. The van der Waals surface area contributed by atoms with Gasteiger partial charge in [0, 0.05) is 30.6 Å². The maximum Gasteiger partial charge on any atom is 0.322 e. The number of rotatable bonds is 5. The molecule has 0 atom stereocenters. The Morgan fingerprint density at radius 3 is 2.65 bits per heavy atom. The molecular formula is C13H14N4O3. The van der Waals surface area contributed by atoms with E-state index in [1.807, 2.05) is 14.0 Å². The maximum absolute atomic E-state index is 10.9. The van der Waals surface area contributed by atoms with Gasteiger partial charge >= 0.3 is 11.7 Å². The molecule has 1 aromatic heterocycles. The van der Waals surface area contributed by atoms with Gasteiger partial charge < -0.3 is 10.1 Å². The molecule has 1 heterocycles. The molecule has 0 fully saturated rings. The Labute approximate surface area is 115 Å². The van der Waals surface area contributed by atoms with E-state index in [0.29, 0.717) is 6.54 Å². The Hall–Kier alpha value is -2.54. The topological polar surface area (TPSA) is 90.2 Å². The van der Waals surface area contributed by atoms with Gasteiger partial charge in [-0.1, -0.05) is 6.07 Å². The first-order valence-electron chi connectivity index (χ1n) is 5.98. The van der Waals surface area contributed by atoms with Crippen LogP contribution in [0, 0.1) is 17.0 Å². The monoisotopic (exact) mass is 274 g/mol. The highest BCUT2D eigenvalue weighted by Gasteiger charge is 2.16. The highest BCUT2D eigenvalue weighted by atomic mass is 16.6. The summed E-state index contributed by atoms with van der Waals surface area (Å²) < 4.78 is 5.40. The van der Waals surface area contributed by atoms with Gasteiger partial charge in [0.05, 0.1) is 4.92 Å². The summed E-state index contributed by atoms with van der Waals surface area (Å²) in [6.07, 6.45) is 3.22. The summed E-state index contributed by atoms with van der Waals surface area (Å²) in [7, 11) is 1.82. The zero-order valence-electron chi connectivity index (χ0n) is 11.2. The summed E-state index contributed by atoms with van der Waals surface area (Å²) in [6.45, 7) is 2.47. The molecule has 0 aliphatic rings. The largest absolute Gasteiger partial charge is 0.417 e. The van der Waals surface area contributed by atoms with Crippen LogP contribution in [0.15, 0.2) is 30.6 Å². The molecule has 1 N–H and O–H groups in total. The Bertz CT molecular complexity index is 614. The predicted molar refractivity (Wildman–Crippen MR) is 72.7 cm³/mol. The fourth-order valence-corrected chi connectivity index (χ4v) is 1.64. The van der Waals surface area contributed by atoms with Crippen molar-refractivity contribution in [2.24, 2.45) is 0 Å². The number of aromatic nitrogens is 2. The summed E-state index contributed by atoms with van der Waals surface area (Å²) in [4.78, 5) is 18.5. The van der Waals surface area contributed by atoms with Crippen LogP contribution in [-0.2, 0) is 6.54 Å². The number of nitrogens with one attached hydrogen (secondary N) is 1. The van der Waals surface area contributed by atoms with Crippen molar-refractivity contribution in [2.75, 3.05) is 7.05 Å². The average Bonchev–Trinajstić information content (AvgIpc) is 2.41. The molecule has 7 heteroatoms. The Morgan fingerprint density at radius 2 is 2.05 bits per heavy atom. The van der Waals surface area contributed by atoms with Crippen molar-refractivity contribution in [3.63, 3.8) is 0 Å². The number of benzene rings is 1. The number of nitro benzene ring substituents is 1. The van der Waals surface area contributed by atoms with E-state index < -0.39 is 4.92 Å². The lowest BCUT2D eigenvalue weighted by Crippen LogP contribution is -2.06. The van der Waals surface area contributed by atoms with Gasteiger partial charge in [-0.15, -0.1) is 0 Å². The Morgan fingerprint density at radius 1 is 1.35 bits per heavy atom. The zero-order chi connectivity index (χ0) is 14.5. The second-order valence-electron chi connectivity index (χ2n) is 4.23. The van der Waals surface area contributed by atoms with Crippen molar-refractivity contribution in [1.82, 2.24) is 15.3 Å². The molecule has 7 nitrogen and oxygen atoms in total. The molecule has 2 aromatic rings. The van der Waals surface area contributed by atoms with Crippen molar-refractivity contribution in [3.05, 3.63) is 51.8 Å². The summed E-state index contributed by atoms with van der Waals surface area (Å²) in [6, 6.07) is 4.73. The van der Waals surface area contributed by atoms with Gasteiger partial charge in [-0.2, -0.15) is 0 Å². The van der Waals surface area contributed by atoms with E-state index in [4.69, 9.17) is 4.74 Å². The number of hydrogen-bond donors (Lipinski definition) is 1. The van der Waals surface area contributed by atoms with Crippen molar-refractivity contribution in [1.29, 1.82) is 0 Å². The highest BCUT2D eigenvalue weighted by molar-refractivity contribution is 5.49. The van der Waals surface area contributed by atoms with Gasteiger partial charge in [-0.3, -0.25) is 10.1 Å². The Kier molecular flexibility index (Phi) is 4.21. The number of ether oxygens (including phenoxy) is 1. The summed E-state index contributed by atoms with van der Waals surface area (Å²) in [5, 5.41) is 13.9. The summed E-state index contributed by atoms with van der Waals surface area (Å²) in [5.41, 5.74) is 1.65. The van der Waals surface area contributed by atoms with Crippen molar-refractivity contribution in [3.8, 4) is 11.8 Å². The van der Waals surface area contributed by atoms with Crippen LogP contribution >= 0.6 is 0 Å². The van der Waals surface area contributed by atoms with Gasteiger partial charge in [0.1, 0.15) is 0 Å². The molecule has 0 aliphatic heterocycles. The van der Waals surface area contributed by atoms with E-state index in [1.165, 1.54) is 6.07 Å². The third-order valence-electron chi connectivity index (χ3n) is 2.58. The quantitative estimate of drug-likeness (QED) is 0.664. The smallest absolute Gasteiger partial charge is 0.322 e. The third-order valence-corrected chi connectivity index (χ3v) is 2.58. The minimum absolute atomic E-state index is 0.0820. The minimum atomic E-state index is -0.496. The van der Waals surface area contributed by atoms with Crippen LogP contribution in [-0.4, -0.2) is 21.9 Å². The van der Waals surface area contributed by atoms with Crippen molar-refractivity contribution < 1.29 is 9.66 Å². The number of nitro groups is 1. The lowest BCUT2D eigenvalue weighted by Gasteiger charge is -2.06. The first kappa shape index (κ1) is 13.9. The zero-order valence-corrected chi connectivity index (χ0v) is 11.2. The molecule has 0 bridgehead atoms. The Balaban J connectivity index is 2.25. The normalized spacial score (nSPS) is 10.3. The van der Waals surface area contributed by atoms with E-state index >= 15 is 0 Å². The van der Waals surface area contributed by atoms with Crippen LogP contribution < -0.4 is 10.1 Å². The second-order valence-corrected chi connectivity index (χ2v) is 4.23. The molecule has 0 unspecified atom stereocenters. The van der Waals surface area contributed by atoms with Crippen LogP contribution in [0.25, 0.3) is 0 Å². The standard InChI is InChI=1S/C13H14N4O3/c1-9-3-4-11(17(18)19)12(5-9)20-13-15-7-10(6-14-2)8-16-13/h3-5,7-8,14H,6H2,1-2H3. The molecule has 2 rings (SSSR count). The molecule has 104 valence electrons.